The molecule has 0 aliphatic carbocycles. The van der Waals surface area contributed by atoms with Gasteiger partial charge in [-0.05, 0) is 24.6 Å². The van der Waals surface area contributed by atoms with Gasteiger partial charge in [-0.3, -0.25) is 0 Å². The molecule has 1 atom stereocenters. The first-order chi connectivity index (χ1) is 8.61. The van der Waals surface area contributed by atoms with E-state index in [4.69, 9.17) is 11.5 Å². The van der Waals surface area contributed by atoms with E-state index in [-0.39, 0.29) is 12.1 Å². The Morgan fingerprint density at radius 1 is 1.22 bits per heavy atom. The quantitative estimate of drug-likeness (QED) is 0.834. The van der Waals surface area contributed by atoms with E-state index in [1.165, 1.54) is 0 Å². The summed E-state index contributed by atoms with van der Waals surface area (Å²) in [5.74, 6) is 0.622. The number of rotatable bonds is 4. The van der Waals surface area contributed by atoms with Crippen LogP contribution in [-0.2, 0) is 0 Å². The molecule has 0 bridgehead atoms. The first-order valence-electron chi connectivity index (χ1n) is 5.97. The van der Waals surface area contributed by atoms with Gasteiger partial charge in [0.25, 0.3) is 0 Å². The molecule has 96 valence electrons. The maximum Gasteiger partial charge on any atom is 0.204 e. The standard InChI is InChI=1S/C12H18N6/c1-8(2)18-16-12(15-17-18)10-5-3-9(4-6-10)11(14)7-13/h3-6,8,11H,7,13-14H2,1-2H3. The van der Waals surface area contributed by atoms with Crippen LogP contribution in [0.3, 0.4) is 0 Å². The minimum Gasteiger partial charge on any atom is -0.329 e. The molecule has 18 heavy (non-hydrogen) atoms. The second-order valence-corrected chi connectivity index (χ2v) is 4.49. The summed E-state index contributed by atoms with van der Waals surface area (Å²) in [4.78, 5) is 1.59. The minimum atomic E-state index is -0.127. The normalized spacial score (nSPS) is 12.9. The van der Waals surface area contributed by atoms with Gasteiger partial charge < -0.3 is 11.5 Å². The zero-order valence-electron chi connectivity index (χ0n) is 10.6. The number of benzene rings is 1. The number of tetrazole rings is 1. The second kappa shape index (κ2) is 5.24. The Labute approximate surface area is 106 Å². The van der Waals surface area contributed by atoms with Crippen molar-refractivity contribution in [3.05, 3.63) is 29.8 Å². The lowest BCUT2D eigenvalue weighted by molar-refractivity contribution is 0.455. The van der Waals surface area contributed by atoms with Gasteiger partial charge in [0.2, 0.25) is 5.82 Å². The highest BCUT2D eigenvalue weighted by Crippen LogP contribution is 2.17. The fourth-order valence-electron chi connectivity index (χ4n) is 1.57. The fourth-order valence-corrected chi connectivity index (χ4v) is 1.57. The van der Waals surface area contributed by atoms with Crippen LogP contribution >= 0.6 is 0 Å². The van der Waals surface area contributed by atoms with Crippen LogP contribution in [0, 0.1) is 0 Å². The molecule has 6 nitrogen and oxygen atoms in total. The second-order valence-electron chi connectivity index (χ2n) is 4.49. The zero-order valence-corrected chi connectivity index (χ0v) is 10.6. The summed E-state index contributed by atoms with van der Waals surface area (Å²) in [7, 11) is 0. The van der Waals surface area contributed by atoms with Crippen molar-refractivity contribution in [2.45, 2.75) is 25.9 Å². The number of hydrogen-bond donors (Lipinski definition) is 2. The van der Waals surface area contributed by atoms with Gasteiger partial charge in [-0.15, -0.1) is 10.2 Å². The SMILES string of the molecule is CC(C)n1nnc(-c2ccc(C(N)CN)cc2)n1. The highest BCUT2D eigenvalue weighted by Gasteiger charge is 2.09. The molecule has 1 aromatic heterocycles. The molecule has 1 heterocycles. The Bertz CT molecular complexity index is 502. The molecule has 2 rings (SSSR count). The van der Waals surface area contributed by atoms with Crippen molar-refractivity contribution in [1.29, 1.82) is 0 Å². The average molecular weight is 246 g/mol. The van der Waals surface area contributed by atoms with Gasteiger partial charge in [0, 0.05) is 18.2 Å². The first kappa shape index (κ1) is 12.7. The van der Waals surface area contributed by atoms with Gasteiger partial charge in [-0.2, -0.15) is 4.80 Å². The minimum absolute atomic E-state index is 0.127. The van der Waals surface area contributed by atoms with E-state index < -0.39 is 0 Å². The van der Waals surface area contributed by atoms with E-state index in [9.17, 15) is 0 Å². The topological polar surface area (TPSA) is 95.6 Å². The highest BCUT2D eigenvalue weighted by atomic mass is 15.6. The van der Waals surface area contributed by atoms with Crippen LogP contribution < -0.4 is 11.5 Å². The molecule has 4 N–H and O–H groups in total. The summed E-state index contributed by atoms with van der Waals surface area (Å²) < 4.78 is 0. The summed E-state index contributed by atoms with van der Waals surface area (Å²) in [6, 6.07) is 7.85. The van der Waals surface area contributed by atoms with Crippen molar-refractivity contribution in [2.75, 3.05) is 6.54 Å². The molecule has 0 fully saturated rings. The third-order valence-electron chi connectivity index (χ3n) is 2.74. The van der Waals surface area contributed by atoms with Crippen LogP contribution in [0.15, 0.2) is 24.3 Å². The zero-order chi connectivity index (χ0) is 13.1. The summed E-state index contributed by atoms with van der Waals surface area (Å²) in [5.41, 5.74) is 13.3. The summed E-state index contributed by atoms with van der Waals surface area (Å²) in [6.07, 6.45) is 0. The summed E-state index contributed by atoms with van der Waals surface area (Å²) >= 11 is 0. The van der Waals surface area contributed by atoms with Crippen LogP contribution in [0.2, 0.25) is 0 Å². The van der Waals surface area contributed by atoms with Gasteiger partial charge in [0.15, 0.2) is 0 Å². The number of nitrogens with zero attached hydrogens (tertiary/aromatic N) is 4. The Balaban J connectivity index is 2.23. The predicted octanol–water partition coefficient (Wildman–Crippen LogP) is 0.879. The molecule has 0 aliphatic rings. The maximum absolute atomic E-state index is 5.85. The van der Waals surface area contributed by atoms with E-state index >= 15 is 0 Å². The molecule has 0 amide bonds. The molecule has 0 aliphatic heterocycles. The van der Waals surface area contributed by atoms with Crippen LogP contribution in [0.5, 0.6) is 0 Å². The van der Waals surface area contributed by atoms with Gasteiger partial charge in [0.05, 0.1) is 6.04 Å². The van der Waals surface area contributed by atoms with Gasteiger partial charge in [-0.1, -0.05) is 24.3 Å². The predicted molar refractivity (Wildman–Crippen MR) is 69.6 cm³/mol. The van der Waals surface area contributed by atoms with Crippen molar-refractivity contribution in [3.63, 3.8) is 0 Å². The van der Waals surface area contributed by atoms with Gasteiger partial charge in [-0.25, -0.2) is 0 Å². The molecular formula is C12H18N6. The van der Waals surface area contributed by atoms with Crippen LogP contribution in [0.25, 0.3) is 11.4 Å². The molecule has 2 aromatic rings. The van der Waals surface area contributed by atoms with Crippen LogP contribution in [-0.4, -0.2) is 26.8 Å². The Morgan fingerprint density at radius 2 is 1.89 bits per heavy atom. The summed E-state index contributed by atoms with van der Waals surface area (Å²) in [5, 5.41) is 12.3. The van der Waals surface area contributed by atoms with E-state index in [0.29, 0.717) is 12.4 Å². The molecule has 0 saturated heterocycles. The third kappa shape index (κ3) is 2.55. The Hall–Kier alpha value is -1.79. The van der Waals surface area contributed by atoms with Crippen molar-refractivity contribution >= 4 is 0 Å². The summed E-state index contributed by atoms with van der Waals surface area (Å²) in [6.45, 7) is 4.45. The first-order valence-corrected chi connectivity index (χ1v) is 5.97. The molecule has 0 radical (unpaired) electrons. The van der Waals surface area contributed by atoms with Crippen molar-refractivity contribution < 1.29 is 0 Å². The Morgan fingerprint density at radius 3 is 2.39 bits per heavy atom. The lowest BCUT2D eigenvalue weighted by Crippen LogP contribution is -2.20. The van der Waals surface area contributed by atoms with Crippen molar-refractivity contribution in [1.82, 2.24) is 20.2 Å². The van der Waals surface area contributed by atoms with Crippen molar-refractivity contribution in [3.8, 4) is 11.4 Å². The largest absolute Gasteiger partial charge is 0.329 e. The monoisotopic (exact) mass is 246 g/mol. The number of nitrogens with two attached hydrogens (primary N) is 2. The van der Waals surface area contributed by atoms with E-state index in [1.807, 2.05) is 38.1 Å². The van der Waals surface area contributed by atoms with E-state index in [2.05, 4.69) is 15.4 Å². The molecule has 1 unspecified atom stereocenters. The van der Waals surface area contributed by atoms with Crippen molar-refractivity contribution in [2.24, 2.45) is 11.5 Å². The smallest absolute Gasteiger partial charge is 0.204 e. The lowest BCUT2D eigenvalue weighted by atomic mass is 10.1. The van der Waals surface area contributed by atoms with Crippen LogP contribution in [0.1, 0.15) is 31.5 Å². The molecule has 0 saturated carbocycles. The van der Waals surface area contributed by atoms with Gasteiger partial charge >= 0.3 is 0 Å². The Kier molecular flexibility index (Phi) is 3.69. The average Bonchev–Trinajstić information content (AvgIpc) is 2.88. The highest BCUT2D eigenvalue weighted by molar-refractivity contribution is 5.54. The molecule has 1 aromatic carbocycles. The lowest BCUT2D eigenvalue weighted by Gasteiger charge is -2.08. The molecule has 0 spiro atoms. The van der Waals surface area contributed by atoms with Gasteiger partial charge in [0.1, 0.15) is 0 Å². The molecular weight excluding hydrogens is 228 g/mol. The number of aromatic nitrogens is 4. The third-order valence-corrected chi connectivity index (χ3v) is 2.74. The fraction of sp³-hybridized carbons (Fsp3) is 0.417. The van der Waals surface area contributed by atoms with E-state index in [0.717, 1.165) is 11.1 Å². The molecule has 6 heteroatoms. The maximum atomic E-state index is 5.85. The number of hydrogen-bond acceptors (Lipinski definition) is 5. The van der Waals surface area contributed by atoms with E-state index in [1.54, 1.807) is 4.80 Å². The van der Waals surface area contributed by atoms with Crippen LogP contribution in [0.4, 0.5) is 0 Å².